The maximum absolute atomic E-state index is 13.5. The minimum absolute atomic E-state index is 0.0324. The van der Waals surface area contributed by atoms with Gasteiger partial charge in [-0.15, -0.1) is 0 Å². The van der Waals surface area contributed by atoms with E-state index in [2.05, 4.69) is 21.9 Å². The summed E-state index contributed by atoms with van der Waals surface area (Å²) in [7, 11) is 0. The maximum Gasteiger partial charge on any atom is 0.445 e. The number of fused-ring (bicyclic) bond motifs is 1. The van der Waals surface area contributed by atoms with E-state index < -0.39 is 17.9 Å². The van der Waals surface area contributed by atoms with Crippen LogP contribution in [0, 0.1) is 17.8 Å². The topological polar surface area (TPSA) is 38.3 Å². The summed E-state index contributed by atoms with van der Waals surface area (Å²) in [6.45, 7) is 4.00. The summed E-state index contributed by atoms with van der Waals surface area (Å²) in [6, 6.07) is 5.66. The Labute approximate surface area is 126 Å². The second-order valence-corrected chi connectivity index (χ2v) is 4.78. The lowest BCUT2D eigenvalue weighted by atomic mass is 9.90. The summed E-state index contributed by atoms with van der Waals surface area (Å²) in [5, 5.41) is 2.26. The SMILES string of the molecule is CC.O=C1Nc2ccccc2[C@@](C#CC2CC2)(C(F)(F)F)O1. The predicted molar refractivity (Wildman–Crippen MR) is 76.1 cm³/mol. The normalized spacial score (nSPS) is 22.9. The largest absolute Gasteiger partial charge is 0.445 e. The first kappa shape index (κ1) is 16.2. The number of halogens is 3. The van der Waals surface area contributed by atoms with Crippen molar-refractivity contribution in [3.05, 3.63) is 29.8 Å². The number of rotatable bonds is 0. The number of amides is 1. The van der Waals surface area contributed by atoms with Crippen molar-refractivity contribution in [1.29, 1.82) is 0 Å². The number of carbonyl (C=O) groups excluding carboxylic acids is 1. The molecule has 0 unspecified atom stereocenters. The van der Waals surface area contributed by atoms with Crippen LogP contribution in [0.5, 0.6) is 0 Å². The molecule has 1 amide bonds. The molecule has 0 bridgehead atoms. The second-order valence-electron chi connectivity index (χ2n) is 4.78. The van der Waals surface area contributed by atoms with E-state index in [4.69, 9.17) is 0 Å². The molecule has 1 aliphatic heterocycles. The van der Waals surface area contributed by atoms with Gasteiger partial charge in [0.15, 0.2) is 0 Å². The fourth-order valence-corrected chi connectivity index (χ4v) is 2.03. The van der Waals surface area contributed by atoms with Crippen LogP contribution in [-0.2, 0) is 10.3 Å². The minimum Gasteiger partial charge on any atom is -0.415 e. The Morgan fingerprint density at radius 2 is 1.91 bits per heavy atom. The molecule has 22 heavy (non-hydrogen) atoms. The molecule has 1 atom stereocenters. The van der Waals surface area contributed by atoms with E-state index in [9.17, 15) is 18.0 Å². The van der Waals surface area contributed by atoms with E-state index in [-0.39, 0.29) is 17.2 Å². The summed E-state index contributed by atoms with van der Waals surface area (Å²) in [4.78, 5) is 11.4. The third-order valence-corrected chi connectivity index (χ3v) is 3.22. The van der Waals surface area contributed by atoms with Crippen LogP contribution in [0.4, 0.5) is 23.7 Å². The highest BCUT2D eigenvalue weighted by Gasteiger charge is 2.61. The molecular weight excluding hydrogens is 295 g/mol. The zero-order chi connectivity index (χ0) is 16.4. The van der Waals surface area contributed by atoms with Crippen molar-refractivity contribution in [2.75, 3.05) is 5.32 Å². The highest BCUT2D eigenvalue weighted by molar-refractivity contribution is 5.89. The van der Waals surface area contributed by atoms with Gasteiger partial charge >= 0.3 is 12.3 Å². The molecule has 0 radical (unpaired) electrons. The minimum atomic E-state index is -4.80. The number of para-hydroxylation sites is 1. The van der Waals surface area contributed by atoms with Crippen molar-refractivity contribution in [1.82, 2.24) is 0 Å². The first-order chi connectivity index (χ1) is 10.4. The molecule has 1 heterocycles. The Morgan fingerprint density at radius 1 is 1.27 bits per heavy atom. The highest BCUT2D eigenvalue weighted by atomic mass is 19.4. The first-order valence-corrected chi connectivity index (χ1v) is 7.11. The number of alkyl halides is 3. The summed E-state index contributed by atoms with van der Waals surface area (Å²) in [6.07, 6.45) is -4.38. The van der Waals surface area contributed by atoms with E-state index in [1.54, 1.807) is 6.07 Å². The molecule has 1 fully saturated rings. The van der Waals surface area contributed by atoms with E-state index in [0.717, 1.165) is 12.8 Å². The van der Waals surface area contributed by atoms with Gasteiger partial charge in [0.25, 0.3) is 5.60 Å². The lowest BCUT2D eigenvalue weighted by Gasteiger charge is -2.35. The fourth-order valence-electron chi connectivity index (χ4n) is 2.03. The number of ether oxygens (including phenoxy) is 1. The van der Waals surface area contributed by atoms with Gasteiger partial charge < -0.3 is 4.74 Å². The van der Waals surface area contributed by atoms with Gasteiger partial charge in [0.2, 0.25) is 0 Å². The first-order valence-electron chi connectivity index (χ1n) is 7.11. The molecule has 1 aliphatic carbocycles. The average molecular weight is 311 g/mol. The Morgan fingerprint density at radius 3 is 2.50 bits per heavy atom. The number of carbonyl (C=O) groups is 1. The number of hydrogen-bond acceptors (Lipinski definition) is 2. The van der Waals surface area contributed by atoms with Crippen molar-refractivity contribution in [2.45, 2.75) is 38.5 Å². The van der Waals surface area contributed by atoms with Crippen LogP contribution in [0.15, 0.2) is 24.3 Å². The third-order valence-electron chi connectivity index (χ3n) is 3.22. The fraction of sp³-hybridized carbons (Fsp3) is 0.438. The third kappa shape index (κ3) is 2.89. The molecule has 1 aromatic carbocycles. The molecule has 3 nitrogen and oxygen atoms in total. The monoisotopic (exact) mass is 311 g/mol. The van der Waals surface area contributed by atoms with E-state index in [1.165, 1.54) is 18.2 Å². The molecule has 6 heteroatoms. The molecule has 0 saturated heterocycles. The van der Waals surface area contributed by atoms with Gasteiger partial charge in [-0.05, 0) is 24.8 Å². The van der Waals surface area contributed by atoms with Gasteiger partial charge in [-0.3, -0.25) is 5.32 Å². The zero-order valence-electron chi connectivity index (χ0n) is 12.3. The smallest absolute Gasteiger partial charge is 0.415 e. The van der Waals surface area contributed by atoms with Crippen molar-refractivity contribution in [3.8, 4) is 11.8 Å². The number of anilines is 1. The Hall–Kier alpha value is -2.16. The Balaban J connectivity index is 0.000000847. The van der Waals surface area contributed by atoms with Crippen LogP contribution < -0.4 is 5.32 Å². The van der Waals surface area contributed by atoms with Crippen LogP contribution in [0.3, 0.4) is 0 Å². The molecule has 2 aliphatic rings. The summed E-state index contributed by atoms with van der Waals surface area (Å²) in [5.74, 6) is 4.69. The summed E-state index contributed by atoms with van der Waals surface area (Å²) in [5.41, 5.74) is -2.99. The van der Waals surface area contributed by atoms with Gasteiger partial charge in [0.1, 0.15) is 0 Å². The van der Waals surface area contributed by atoms with Crippen LogP contribution in [0.2, 0.25) is 0 Å². The lowest BCUT2D eigenvalue weighted by molar-refractivity contribution is -0.239. The van der Waals surface area contributed by atoms with Crippen LogP contribution in [0.25, 0.3) is 0 Å². The van der Waals surface area contributed by atoms with Gasteiger partial charge in [-0.25, -0.2) is 4.79 Å². The molecule has 1 N–H and O–H groups in total. The van der Waals surface area contributed by atoms with E-state index >= 15 is 0 Å². The standard InChI is InChI=1S/C14H10F3NO2.C2H6/c15-14(16,17)13(8-7-9-5-6-9)10-3-1-2-4-11(10)18-12(19)20-13;1-2/h1-4,9H,5-6H2,(H,18,19);1-2H3/t13-;/m0./s1. The molecule has 1 aromatic rings. The van der Waals surface area contributed by atoms with Crippen molar-refractivity contribution < 1.29 is 22.7 Å². The van der Waals surface area contributed by atoms with Gasteiger partial charge in [0.05, 0.1) is 5.69 Å². The second kappa shape index (κ2) is 5.91. The van der Waals surface area contributed by atoms with Crippen molar-refractivity contribution >= 4 is 11.8 Å². The number of nitrogens with one attached hydrogen (secondary N) is 1. The summed E-state index contributed by atoms with van der Waals surface area (Å²) < 4.78 is 45.1. The summed E-state index contributed by atoms with van der Waals surface area (Å²) >= 11 is 0. The maximum atomic E-state index is 13.5. The van der Waals surface area contributed by atoms with E-state index in [1.807, 2.05) is 13.8 Å². The molecule has 118 valence electrons. The van der Waals surface area contributed by atoms with Crippen molar-refractivity contribution in [2.24, 2.45) is 5.92 Å². The van der Waals surface area contributed by atoms with Crippen LogP contribution in [0.1, 0.15) is 32.3 Å². The molecule has 0 aromatic heterocycles. The Bertz CT molecular complexity index is 626. The molecule has 0 spiro atoms. The zero-order valence-corrected chi connectivity index (χ0v) is 12.3. The van der Waals surface area contributed by atoms with Gasteiger partial charge in [-0.2, -0.15) is 13.2 Å². The Kier molecular flexibility index (Phi) is 4.36. The average Bonchev–Trinajstić information content (AvgIpc) is 3.29. The predicted octanol–water partition coefficient (Wildman–Crippen LogP) is 4.45. The highest BCUT2D eigenvalue weighted by Crippen LogP contribution is 2.47. The van der Waals surface area contributed by atoms with Gasteiger partial charge in [-0.1, -0.05) is 38.0 Å². The quantitative estimate of drug-likeness (QED) is 0.719. The van der Waals surface area contributed by atoms with E-state index in [0.29, 0.717) is 0 Å². The number of hydrogen-bond donors (Lipinski definition) is 1. The van der Waals surface area contributed by atoms with Crippen LogP contribution in [-0.4, -0.2) is 12.3 Å². The van der Waals surface area contributed by atoms with Crippen molar-refractivity contribution in [3.63, 3.8) is 0 Å². The number of benzene rings is 1. The van der Waals surface area contributed by atoms with Crippen LogP contribution >= 0.6 is 0 Å². The molecule has 1 saturated carbocycles. The lowest BCUT2D eigenvalue weighted by Crippen LogP contribution is -2.49. The van der Waals surface area contributed by atoms with Gasteiger partial charge in [0, 0.05) is 11.5 Å². The molecular formula is C16H16F3NO2. The molecule has 3 rings (SSSR count). The number of cyclic esters (lactones) is 1.